The minimum Gasteiger partial charge on any atom is -0.467 e. The highest BCUT2D eigenvalue weighted by atomic mass is 16.3. The Morgan fingerprint density at radius 3 is 3.07 bits per heavy atom. The van der Waals surface area contributed by atoms with Crippen molar-refractivity contribution in [3.05, 3.63) is 24.2 Å². The lowest BCUT2D eigenvalue weighted by molar-refractivity contribution is -0.123. The van der Waals surface area contributed by atoms with Crippen LogP contribution in [0, 0.1) is 0 Å². The van der Waals surface area contributed by atoms with Crippen molar-refractivity contribution in [1.29, 1.82) is 0 Å². The molecule has 1 amide bonds. The SMILES string of the molecule is CC(NCCO)C(=O)NCc1ccco1. The molecule has 1 atom stereocenters. The summed E-state index contributed by atoms with van der Waals surface area (Å²) < 4.78 is 5.07. The minimum absolute atomic E-state index is 0.0236. The van der Waals surface area contributed by atoms with Gasteiger partial charge in [-0.15, -0.1) is 0 Å². The van der Waals surface area contributed by atoms with E-state index in [4.69, 9.17) is 9.52 Å². The third-order valence-electron chi connectivity index (χ3n) is 1.97. The lowest BCUT2D eigenvalue weighted by Crippen LogP contribution is -2.42. The number of carbonyl (C=O) groups excluding carboxylic acids is 1. The fourth-order valence-corrected chi connectivity index (χ4v) is 1.11. The fourth-order valence-electron chi connectivity index (χ4n) is 1.11. The molecule has 0 saturated heterocycles. The maximum Gasteiger partial charge on any atom is 0.237 e. The van der Waals surface area contributed by atoms with Crippen LogP contribution in [0.5, 0.6) is 0 Å². The van der Waals surface area contributed by atoms with Crippen molar-refractivity contribution < 1.29 is 14.3 Å². The number of carbonyl (C=O) groups is 1. The van der Waals surface area contributed by atoms with Crippen LogP contribution in [0.2, 0.25) is 0 Å². The molecule has 0 radical (unpaired) electrons. The fraction of sp³-hybridized carbons (Fsp3) is 0.500. The van der Waals surface area contributed by atoms with Gasteiger partial charge >= 0.3 is 0 Å². The first-order valence-corrected chi connectivity index (χ1v) is 4.88. The van der Waals surface area contributed by atoms with Gasteiger partial charge in [0.15, 0.2) is 0 Å². The lowest BCUT2D eigenvalue weighted by Gasteiger charge is -2.12. The topological polar surface area (TPSA) is 74.5 Å². The molecule has 15 heavy (non-hydrogen) atoms. The summed E-state index contributed by atoms with van der Waals surface area (Å²) in [5.41, 5.74) is 0. The Kier molecular flexibility index (Phi) is 4.86. The van der Waals surface area contributed by atoms with E-state index in [1.807, 2.05) is 0 Å². The summed E-state index contributed by atoms with van der Waals surface area (Å²) in [6.07, 6.45) is 1.56. The van der Waals surface area contributed by atoms with Gasteiger partial charge < -0.3 is 20.2 Å². The summed E-state index contributed by atoms with van der Waals surface area (Å²) in [4.78, 5) is 11.4. The first-order valence-electron chi connectivity index (χ1n) is 4.88. The Bertz CT molecular complexity index is 285. The first-order chi connectivity index (χ1) is 7.24. The van der Waals surface area contributed by atoms with Crippen LogP contribution in [0.15, 0.2) is 22.8 Å². The molecule has 1 aromatic heterocycles. The van der Waals surface area contributed by atoms with Gasteiger partial charge in [0, 0.05) is 6.54 Å². The van der Waals surface area contributed by atoms with Gasteiger partial charge in [0.2, 0.25) is 5.91 Å². The molecule has 1 aromatic rings. The highest BCUT2D eigenvalue weighted by Crippen LogP contribution is 1.98. The lowest BCUT2D eigenvalue weighted by atomic mass is 10.3. The van der Waals surface area contributed by atoms with Crippen molar-refractivity contribution >= 4 is 5.91 Å². The maximum absolute atomic E-state index is 11.4. The van der Waals surface area contributed by atoms with Crippen LogP contribution < -0.4 is 10.6 Å². The number of hydrogen-bond acceptors (Lipinski definition) is 4. The highest BCUT2D eigenvalue weighted by Gasteiger charge is 2.11. The van der Waals surface area contributed by atoms with Crippen molar-refractivity contribution in [2.45, 2.75) is 19.5 Å². The molecule has 0 aromatic carbocycles. The van der Waals surface area contributed by atoms with Crippen molar-refractivity contribution in [1.82, 2.24) is 10.6 Å². The predicted molar refractivity (Wildman–Crippen MR) is 55.1 cm³/mol. The highest BCUT2D eigenvalue weighted by molar-refractivity contribution is 5.81. The number of nitrogens with one attached hydrogen (secondary N) is 2. The van der Waals surface area contributed by atoms with Gasteiger partial charge in [0.1, 0.15) is 5.76 Å². The van der Waals surface area contributed by atoms with Crippen LogP contribution in [0.1, 0.15) is 12.7 Å². The molecule has 0 aliphatic heterocycles. The van der Waals surface area contributed by atoms with E-state index in [2.05, 4.69) is 10.6 Å². The molecule has 0 saturated carbocycles. The monoisotopic (exact) mass is 212 g/mol. The van der Waals surface area contributed by atoms with Crippen LogP contribution in [-0.2, 0) is 11.3 Å². The Morgan fingerprint density at radius 1 is 1.67 bits per heavy atom. The molecule has 0 bridgehead atoms. The molecule has 1 unspecified atom stereocenters. The van der Waals surface area contributed by atoms with Crippen LogP contribution in [0.25, 0.3) is 0 Å². The molecule has 5 heteroatoms. The Labute approximate surface area is 88.5 Å². The van der Waals surface area contributed by atoms with E-state index in [1.54, 1.807) is 25.3 Å². The Morgan fingerprint density at radius 2 is 2.47 bits per heavy atom. The molecule has 0 fully saturated rings. The number of amides is 1. The molecular weight excluding hydrogens is 196 g/mol. The Balaban J connectivity index is 2.23. The van der Waals surface area contributed by atoms with E-state index in [0.717, 1.165) is 5.76 Å². The van der Waals surface area contributed by atoms with Crippen LogP contribution in [0.4, 0.5) is 0 Å². The van der Waals surface area contributed by atoms with Gasteiger partial charge in [-0.25, -0.2) is 0 Å². The second-order valence-corrected chi connectivity index (χ2v) is 3.20. The van der Waals surface area contributed by atoms with Gasteiger partial charge in [-0.05, 0) is 19.1 Å². The van der Waals surface area contributed by atoms with E-state index < -0.39 is 0 Å². The van der Waals surface area contributed by atoms with Gasteiger partial charge in [-0.2, -0.15) is 0 Å². The van der Waals surface area contributed by atoms with E-state index in [9.17, 15) is 4.79 Å². The third-order valence-corrected chi connectivity index (χ3v) is 1.97. The average Bonchev–Trinajstić information content (AvgIpc) is 2.75. The second-order valence-electron chi connectivity index (χ2n) is 3.20. The zero-order valence-electron chi connectivity index (χ0n) is 8.69. The van der Waals surface area contributed by atoms with Crippen molar-refractivity contribution in [2.75, 3.05) is 13.2 Å². The van der Waals surface area contributed by atoms with E-state index in [0.29, 0.717) is 13.1 Å². The summed E-state index contributed by atoms with van der Waals surface area (Å²) in [5.74, 6) is 0.609. The smallest absolute Gasteiger partial charge is 0.237 e. The molecule has 0 aliphatic carbocycles. The van der Waals surface area contributed by atoms with Crippen LogP contribution in [-0.4, -0.2) is 30.2 Å². The third kappa shape index (κ3) is 4.14. The van der Waals surface area contributed by atoms with Crippen LogP contribution in [0.3, 0.4) is 0 Å². The minimum atomic E-state index is -0.313. The van der Waals surface area contributed by atoms with E-state index >= 15 is 0 Å². The molecule has 0 aliphatic rings. The average molecular weight is 212 g/mol. The Hall–Kier alpha value is -1.33. The molecular formula is C10H16N2O3. The maximum atomic E-state index is 11.4. The van der Waals surface area contributed by atoms with Gasteiger partial charge in [0.25, 0.3) is 0 Å². The molecule has 84 valence electrons. The number of aliphatic hydroxyl groups is 1. The summed E-state index contributed by atoms with van der Waals surface area (Å²) in [5, 5.41) is 14.2. The number of hydrogen-bond donors (Lipinski definition) is 3. The van der Waals surface area contributed by atoms with Crippen LogP contribution >= 0.6 is 0 Å². The molecule has 1 heterocycles. The van der Waals surface area contributed by atoms with Gasteiger partial charge in [-0.1, -0.05) is 0 Å². The number of furan rings is 1. The normalized spacial score (nSPS) is 12.4. The van der Waals surface area contributed by atoms with Gasteiger partial charge in [0.05, 0.1) is 25.5 Å². The first kappa shape index (κ1) is 11.7. The summed E-state index contributed by atoms with van der Waals surface area (Å²) >= 11 is 0. The van der Waals surface area contributed by atoms with E-state index in [1.165, 1.54) is 0 Å². The number of rotatable bonds is 6. The zero-order valence-corrected chi connectivity index (χ0v) is 8.69. The van der Waals surface area contributed by atoms with Crippen molar-refractivity contribution in [3.63, 3.8) is 0 Å². The van der Waals surface area contributed by atoms with Crippen molar-refractivity contribution in [2.24, 2.45) is 0 Å². The van der Waals surface area contributed by atoms with E-state index in [-0.39, 0.29) is 18.6 Å². The molecule has 1 rings (SSSR count). The predicted octanol–water partition coefficient (Wildman–Crippen LogP) is -0.134. The molecule has 5 nitrogen and oxygen atoms in total. The summed E-state index contributed by atoms with van der Waals surface area (Å²) in [6.45, 7) is 2.56. The number of aliphatic hydroxyl groups excluding tert-OH is 1. The quantitative estimate of drug-likeness (QED) is 0.614. The zero-order chi connectivity index (χ0) is 11.1. The largest absolute Gasteiger partial charge is 0.467 e. The summed E-state index contributed by atoms with van der Waals surface area (Å²) in [6, 6.07) is 3.26. The molecule has 0 spiro atoms. The molecule has 3 N–H and O–H groups in total. The second kappa shape index (κ2) is 6.21. The standard InChI is InChI=1S/C10H16N2O3/c1-8(11-4-5-13)10(14)12-7-9-3-2-6-15-9/h2-3,6,8,11,13H,4-5,7H2,1H3,(H,12,14). The summed E-state index contributed by atoms with van der Waals surface area (Å²) in [7, 11) is 0. The van der Waals surface area contributed by atoms with Gasteiger partial charge in [-0.3, -0.25) is 4.79 Å². The van der Waals surface area contributed by atoms with Crippen molar-refractivity contribution in [3.8, 4) is 0 Å².